The van der Waals surface area contributed by atoms with Crippen molar-refractivity contribution in [3.63, 3.8) is 0 Å². The van der Waals surface area contributed by atoms with E-state index in [1.807, 2.05) is 23.0 Å². The number of fused-ring (bicyclic) bond motifs is 2. The molecule has 3 unspecified atom stereocenters. The normalized spacial score (nSPS) is 17.4. The van der Waals surface area contributed by atoms with Crippen molar-refractivity contribution in [2.24, 2.45) is 7.05 Å². The number of aryl methyl sites for hydroxylation is 1. The van der Waals surface area contributed by atoms with Crippen molar-refractivity contribution >= 4 is 62.7 Å². The van der Waals surface area contributed by atoms with Gasteiger partial charge in [-0.25, -0.2) is 13.6 Å². The number of amides is 4. The second kappa shape index (κ2) is 19.7. The number of nitrogen functional groups attached to an aromatic ring is 1. The maximum atomic E-state index is 13.7. The highest BCUT2D eigenvalue weighted by molar-refractivity contribution is 7.86. The van der Waals surface area contributed by atoms with E-state index in [1.165, 1.54) is 18.2 Å². The highest BCUT2D eigenvalue weighted by Crippen LogP contribution is 2.41. The van der Waals surface area contributed by atoms with E-state index in [9.17, 15) is 36.6 Å². The van der Waals surface area contributed by atoms with E-state index < -0.39 is 58.3 Å². The fourth-order valence-corrected chi connectivity index (χ4v) is 10.2. The van der Waals surface area contributed by atoms with Crippen molar-refractivity contribution in [1.82, 2.24) is 39.7 Å². The molecule has 6 heterocycles. The molecule has 3 aromatic heterocycles. The van der Waals surface area contributed by atoms with Gasteiger partial charge in [-0.1, -0.05) is 48.5 Å². The molecule has 17 nitrogen and oxygen atoms in total. The number of carbonyl (C=O) groups is 4. The zero-order valence-corrected chi connectivity index (χ0v) is 39.8. The van der Waals surface area contributed by atoms with Crippen LogP contribution < -0.4 is 25.8 Å². The standard InChI is InChI=1S/C51H48F3N11O6S/c1-28(31-9-12-34(52)13-10-31)71-41-22-32(11-14-38(41)61-72(70)51(53)54)45-44-46(62(2)60-45)37(25-57-47(44)55)33-24-58-64(27-33)35-17-19-63(20-18-35)26-30-6-3-5-29(21-30)23-56-39-8-4-7-36-43(39)50(69)65(49(36)68)40-15-16-42(66)59-48(40)67/h3-14,21-22,24-25,27-28,35,40,51,56,61H,15-20,23,26H2,1-2H3,(H2,55,57)(H,59,66,67). The number of halogens is 3. The summed E-state index contributed by atoms with van der Waals surface area (Å²) in [6.45, 7) is 4.50. The molecular weight excluding hydrogens is 952 g/mol. The van der Waals surface area contributed by atoms with E-state index in [-0.39, 0.29) is 47.3 Å². The fourth-order valence-electron chi connectivity index (χ4n) is 9.72. The first-order valence-electron chi connectivity index (χ1n) is 23.3. The van der Waals surface area contributed by atoms with Gasteiger partial charge in [0.2, 0.25) is 11.8 Å². The molecule has 3 atom stereocenters. The third-order valence-electron chi connectivity index (χ3n) is 13.4. The van der Waals surface area contributed by atoms with Crippen LogP contribution in [-0.4, -0.2) is 87.1 Å². The Morgan fingerprint density at radius 2 is 1.65 bits per heavy atom. The van der Waals surface area contributed by atoms with Crippen LogP contribution >= 0.6 is 0 Å². The number of nitrogens with two attached hydrogens (primary N) is 1. The van der Waals surface area contributed by atoms with Crippen molar-refractivity contribution in [2.45, 2.75) is 69.6 Å². The first kappa shape index (κ1) is 47.8. The average molecular weight is 1000 g/mol. The second-order valence-corrected chi connectivity index (χ2v) is 19.2. The van der Waals surface area contributed by atoms with Gasteiger partial charge in [-0.15, -0.1) is 0 Å². The Kier molecular flexibility index (Phi) is 13.1. The maximum absolute atomic E-state index is 13.7. The minimum Gasteiger partial charge on any atom is -0.484 e. The molecule has 0 saturated carbocycles. The van der Waals surface area contributed by atoms with Crippen LogP contribution in [0.25, 0.3) is 33.3 Å². The number of benzene rings is 4. The lowest BCUT2D eigenvalue weighted by atomic mass is 10.0. The second-order valence-electron chi connectivity index (χ2n) is 18.0. The molecule has 10 rings (SSSR count). The molecule has 3 aliphatic heterocycles. The zero-order valence-electron chi connectivity index (χ0n) is 39.0. The topological polar surface area (TPSA) is 212 Å². The van der Waals surface area contributed by atoms with E-state index in [4.69, 9.17) is 20.7 Å². The van der Waals surface area contributed by atoms with Gasteiger partial charge in [0.1, 0.15) is 35.2 Å². The predicted molar refractivity (Wildman–Crippen MR) is 263 cm³/mol. The lowest BCUT2D eigenvalue weighted by Gasteiger charge is -2.32. The Morgan fingerprint density at radius 3 is 2.42 bits per heavy atom. The largest absolute Gasteiger partial charge is 0.484 e. The van der Waals surface area contributed by atoms with Crippen molar-refractivity contribution in [3.05, 3.63) is 137 Å². The molecule has 2 saturated heterocycles. The minimum absolute atomic E-state index is 0.0449. The molecule has 21 heteroatoms. The monoisotopic (exact) mass is 999 g/mol. The van der Waals surface area contributed by atoms with Crippen molar-refractivity contribution in [1.29, 1.82) is 0 Å². The third kappa shape index (κ3) is 9.39. The van der Waals surface area contributed by atoms with Crippen LogP contribution in [0.4, 0.5) is 30.4 Å². The first-order valence-corrected chi connectivity index (χ1v) is 24.5. The van der Waals surface area contributed by atoms with Crippen LogP contribution in [0.2, 0.25) is 0 Å². The number of imide groups is 2. The van der Waals surface area contributed by atoms with Gasteiger partial charge in [-0.3, -0.25) is 48.4 Å². The Labute approximate surface area is 413 Å². The Morgan fingerprint density at radius 1 is 0.889 bits per heavy atom. The first-order chi connectivity index (χ1) is 34.7. The molecule has 370 valence electrons. The number of pyridine rings is 1. The van der Waals surface area contributed by atoms with Gasteiger partial charge < -0.3 is 15.8 Å². The van der Waals surface area contributed by atoms with E-state index in [2.05, 4.69) is 37.4 Å². The van der Waals surface area contributed by atoms with E-state index >= 15 is 0 Å². The summed E-state index contributed by atoms with van der Waals surface area (Å²) in [6, 6.07) is 22.7. The molecule has 2 fully saturated rings. The number of likely N-dealkylation sites (tertiary alicyclic amines) is 1. The summed E-state index contributed by atoms with van der Waals surface area (Å²) in [5.74, 6) is -5.45. The number of nitrogens with one attached hydrogen (secondary N) is 3. The SMILES string of the molecule is CC(Oc1cc(-c2nn(C)c3c(-c4cnn(C5CCN(Cc6cccc(CNc7cccc8c7C(=O)N(C7CCC(=O)NC7=O)C8=O)c6)CC5)c4)cnc(N)c23)ccc1NS(=O)C(F)F)c1ccc(F)cc1. The van der Waals surface area contributed by atoms with Crippen molar-refractivity contribution in [2.75, 3.05) is 28.9 Å². The van der Waals surface area contributed by atoms with Crippen LogP contribution in [0.1, 0.15) is 82.2 Å². The fraction of sp³-hybridized carbons (Fsp3) is 0.275. The number of piperidine rings is 2. The summed E-state index contributed by atoms with van der Waals surface area (Å²) in [4.78, 5) is 59.1. The Bertz CT molecular complexity index is 3300. The average Bonchev–Trinajstić information content (AvgIpc) is 4.07. The highest BCUT2D eigenvalue weighted by atomic mass is 32.2. The molecular formula is C51H48F3N11O6S. The maximum Gasteiger partial charge on any atom is 0.330 e. The lowest BCUT2D eigenvalue weighted by Crippen LogP contribution is -2.54. The quantitative estimate of drug-likeness (QED) is 0.0736. The lowest BCUT2D eigenvalue weighted by molar-refractivity contribution is -0.136. The van der Waals surface area contributed by atoms with E-state index in [0.717, 1.165) is 59.6 Å². The molecule has 72 heavy (non-hydrogen) atoms. The van der Waals surface area contributed by atoms with E-state index in [1.54, 1.807) is 73.5 Å². The summed E-state index contributed by atoms with van der Waals surface area (Å²) in [5, 5.41) is 15.8. The molecule has 4 amide bonds. The van der Waals surface area contributed by atoms with Gasteiger partial charge in [0.05, 0.1) is 40.0 Å². The predicted octanol–water partition coefficient (Wildman–Crippen LogP) is 7.51. The summed E-state index contributed by atoms with van der Waals surface area (Å²) in [7, 11) is -0.928. The summed E-state index contributed by atoms with van der Waals surface area (Å²) >= 11 is 0. The minimum atomic E-state index is -3.15. The van der Waals surface area contributed by atoms with Gasteiger partial charge in [0.25, 0.3) is 11.8 Å². The highest BCUT2D eigenvalue weighted by Gasteiger charge is 2.45. The van der Waals surface area contributed by atoms with Crippen LogP contribution in [0.3, 0.4) is 0 Å². The number of aromatic nitrogens is 5. The number of rotatable bonds is 15. The van der Waals surface area contributed by atoms with Gasteiger partial charge in [0, 0.05) is 74.4 Å². The van der Waals surface area contributed by atoms with Gasteiger partial charge >= 0.3 is 5.76 Å². The molecule has 4 aromatic carbocycles. The summed E-state index contributed by atoms with van der Waals surface area (Å²) < 4.78 is 65.0. The number of hydrogen-bond donors (Lipinski definition) is 4. The van der Waals surface area contributed by atoms with Gasteiger partial charge in [-0.2, -0.15) is 19.0 Å². The smallest absolute Gasteiger partial charge is 0.330 e. The van der Waals surface area contributed by atoms with Crippen molar-refractivity contribution < 1.29 is 41.3 Å². The molecule has 3 aliphatic rings. The Hall–Kier alpha value is -7.91. The van der Waals surface area contributed by atoms with Crippen LogP contribution in [0, 0.1) is 5.82 Å². The van der Waals surface area contributed by atoms with Gasteiger partial charge in [0.15, 0.2) is 11.0 Å². The number of carbonyl (C=O) groups excluding carboxylic acids is 4. The number of alkyl halides is 2. The van der Waals surface area contributed by atoms with Crippen LogP contribution in [-0.2, 0) is 40.7 Å². The number of anilines is 3. The Balaban J connectivity index is 0.803. The molecule has 0 aliphatic carbocycles. The van der Waals surface area contributed by atoms with E-state index in [0.29, 0.717) is 40.0 Å². The summed E-state index contributed by atoms with van der Waals surface area (Å²) in [6.07, 6.45) is 6.68. The van der Waals surface area contributed by atoms with Gasteiger partial charge in [-0.05, 0) is 79.3 Å². The third-order valence-corrected chi connectivity index (χ3v) is 14.1. The molecule has 7 aromatic rings. The molecule has 0 radical (unpaired) electrons. The number of ether oxygens (including phenoxy) is 1. The van der Waals surface area contributed by atoms with Crippen LogP contribution in [0.15, 0.2) is 104 Å². The van der Waals surface area contributed by atoms with Crippen molar-refractivity contribution in [3.8, 4) is 28.1 Å². The van der Waals surface area contributed by atoms with Crippen LogP contribution in [0.5, 0.6) is 5.75 Å². The molecule has 5 N–H and O–H groups in total. The molecule has 0 bridgehead atoms. The summed E-state index contributed by atoms with van der Waals surface area (Å²) in [5.41, 5.74) is 13.5. The zero-order chi connectivity index (χ0) is 50.4. The number of nitrogens with zero attached hydrogens (tertiary/aromatic N) is 7. The molecule has 0 spiro atoms. The number of hydrogen-bond acceptors (Lipinski definition) is 12.